The van der Waals surface area contributed by atoms with Crippen LogP contribution in [0, 0.1) is 6.92 Å². The summed E-state index contributed by atoms with van der Waals surface area (Å²) >= 11 is 0. The van der Waals surface area contributed by atoms with Crippen molar-refractivity contribution in [2.75, 3.05) is 0 Å². The second-order valence-corrected chi connectivity index (χ2v) is 10.8. The Bertz CT molecular complexity index is 452. The summed E-state index contributed by atoms with van der Waals surface area (Å²) in [6.45, 7) is 13.3. The van der Waals surface area contributed by atoms with E-state index in [4.69, 9.17) is 4.43 Å². The predicted molar refractivity (Wildman–Crippen MR) is 81.2 cm³/mol. The molecule has 1 aliphatic rings. The van der Waals surface area contributed by atoms with Gasteiger partial charge in [0, 0.05) is 0 Å². The maximum atomic E-state index is 6.47. The fourth-order valence-electron chi connectivity index (χ4n) is 2.71. The minimum absolute atomic E-state index is 0.0728. The largest absolute Gasteiger partial charge is 0.408 e. The van der Waals surface area contributed by atoms with Gasteiger partial charge in [-0.05, 0) is 62.5 Å². The van der Waals surface area contributed by atoms with Gasteiger partial charge in [-0.15, -0.1) is 0 Å². The van der Waals surface area contributed by atoms with Gasteiger partial charge < -0.3 is 4.43 Å². The minimum atomic E-state index is -1.54. The van der Waals surface area contributed by atoms with E-state index < -0.39 is 8.32 Å². The lowest BCUT2D eigenvalue weighted by Crippen LogP contribution is -2.48. The Morgan fingerprint density at radius 3 is 2.28 bits per heavy atom. The van der Waals surface area contributed by atoms with Crippen LogP contribution in [0.25, 0.3) is 5.57 Å². The third-order valence-electron chi connectivity index (χ3n) is 3.68. The second kappa shape index (κ2) is 4.67. The van der Waals surface area contributed by atoms with Crippen molar-refractivity contribution < 1.29 is 4.43 Å². The minimum Gasteiger partial charge on any atom is -0.408 e. The van der Waals surface area contributed by atoms with Gasteiger partial charge in [0.1, 0.15) is 0 Å². The molecule has 2 rings (SSSR count). The summed E-state index contributed by atoms with van der Waals surface area (Å²) in [5.41, 5.74) is 3.69. The average molecular weight is 260 g/mol. The molecule has 1 aliphatic carbocycles. The van der Waals surface area contributed by atoms with E-state index in [1.54, 1.807) is 0 Å². The van der Waals surface area contributed by atoms with E-state index in [9.17, 15) is 0 Å². The molecular weight excluding hydrogens is 236 g/mol. The van der Waals surface area contributed by atoms with Crippen LogP contribution in [0.5, 0.6) is 0 Å². The molecule has 18 heavy (non-hydrogen) atoms. The standard InChI is InChI=1S/C16H24OSi/c1-13-9-6-7-10-15(13)14(2)16(11-8-12-16)17-18(3,4)5/h6-7,9-10H,2,8,11-12H2,1,3-5H3. The van der Waals surface area contributed by atoms with Crippen molar-refractivity contribution in [3.63, 3.8) is 0 Å². The molecule has 0 bridgehead atoms. The highest BCUT2D eigenvalue weighted by Gasteiger charge is 2.44. The predicted octanol–water partition coefficient (Wildman–Crippen LogP) is 4.78. The van der Waals surface area contributed by atoms with Gasteiger partial charge >= 0.3 is 0 Å². The van der Waals surface area contributed by atoms with Crippen molar-refractivity contribution in [2.24, 2.45) is 0 Å². The second-order valence-electron chi connectivity index (χ2n) is 6.36. The van der Waals surface area contributed by atoms with E-state index in [1.807, 2.05) is 0 Å². The highest BCUT2D eigenvalue weighted by atomic mass is 28.4. The first-order chi connectivity index (χ1) is 8.34. The molecule has 1 fully saturated rings. The highest BCUT2D eigenvalue weighted by Crippen LogP contribution is 2.47. The van der Waals surface area contributed by atoms with Gasteiger partial charge in [-0.3, -0.25) is 0 Å². The van der Waals surface area contributed by atoms with Crippen LogP contribution < -0.4 is 0 Å². The molecule has 0 unspecified atom stereocenters. The van der Waals surface area contributed by atoms with E-state index in [2.05, 4.69) is 57.4 Å². The smallest absolute Gasteiger partial charge is 0.184 e. The zero-order valence-electron chi connectivity index (χ0n) is 12.0. The Labute approximate surface area is 112 Å². The normalized spacial score (nSPS) is 18.2. The van der Waals surface area contributed by atoms with Gasteiger partial charge in [-0.25, -0.2) is 0 Å². The van der Waals surface area contributed by atoms with E-state index in [1.165, 1.54) is 23.1 Å². The number of aryl methyl sites for hydroxylation is 1. The summed E-state index contributed by atoms with van der Waals surface area (Å²) in [6.07, 6.45) is 3.52. The maximum Gasteiger partial charge on any atom is 0.184 e. The lowest BCUT2D eigenvalue weighted by molar-refractivity contribution is 0.0431. The number of rotatable bonds is 4. The molecule has 0 N–H and O–H groups in total. The number of hydrogen-bond acceptors (Lipinski definition) is 1. The van der Waals surface area contributed by atoms with E-state index in [0.29, 0.717) is 0 Å². The van der Waals surface area contributed by atoms with Gasteiger partial charge in [0.15, 0.2) is 8.32 Å². The van der Waals surface area contributed by atoms with Gasteiger partial charge in [-0.1, -0.05) is 30.8 Å². The first-order valence-electron chi connectivity index (χ1n) is 6.80. The van der Waals surface area contributed by atoms with Crippen LogP contribution >= 0.6 is 0 Å². The Hall–Kier alpha value is -0.863. The Morgan fingerprint density at radius 2 is 1.83 bits per heavy atom. The molecule has 0 heterocycles. The van der Waals surface area contributed by atoms with Crippen LogP contribution in [0.15, 0.2) is 30.8 Å². The molecule has 1 nitrogen and oxygen atoms in total. The van der Waals surface area contributed by atoms with Crippen molar-refractivity contribution in [1.29, 1.82) is 0 Å². The monoisotopic (exact) mass is 260 g/mol. The molecule has 1 saturated carbocycles. The van der Waals surface area contributed by atoms with Crippen molar-refractivity contribution >= 4 is 13.9 Å². The lowest BCUT2D eigenvalue weighted by Gasteiger charge is -2.47. The van der Waals surface area contributed by atoms with Crippen LogP contribution in [0.1, 0.15) is 30.4 Å². The molecule has 0 atom stereocenters. The third-order valence-corrected chi connectivity index (χ3v) is 4.69. The molecule has 0 amide bonds. The molecule has 0 spiro atoms. The van der Waals surface area contributed by atoms with Crippen molar-refractivity contribution in [2.45, 2.75) is 51.4 Å². The Kier molecular flexibility index (Phi) is 3.52. The topological polar surface area (TPSA) is 9.23 Å². The fourth-order valence-corrected chi connectivity index (χ4v) is 4.21. The number of hydrogen-bond donors (Lipinski definition) is 0. The highest BCUT2D eigenvalue weighted by molar-refractivity contribution is 6.69. The van der Waals surface area contributed by atoms with Gasteiger partial charge in [-0.2, -0.15) is 0 Å². The maximum absolute atomic E-state index is 6.47. The van der Waals surface area contributed by atoms with Crippen LogP contribution in [-0.2, 0) is 4.43 Å². The average Bonchev–Trinajstić information content (AvgIpc) is 2.22. The Balaban J connectivity index is 2.29. The van der Waals surface area contributed by atoms with Gasteiger partial charge in [0.05, 0.1) is 5.60 Å². The SMILES string of the molecule is C=C(c1ccccc1C)C1(O[Si](C)(C)C)CCC1. The fraction of sp³-hybridized carbons (Fsp3) is 0.500. The van der Waals surface area contributed by atoms with Crippen molar-refractivity contribution in [1.82, 2.24) is 0 Å². The van der Waals surface area contributed by atoms with Crippen molar-refractivity contribution in [3.05, 3.63) is 42.0 Å². The van der Waals surface area contributed by atoms with E-state index in [0.717, 1.165) is 12.8 Å². The lowest BCUT2D eigenvalue weighted by atomic mass is 9.72. The quantitative estimate of drug-likeness (QED) is 0.708. The molecular formula is C16H24OSi. The van der Waals surface area contributed by atoms with Crippen LogP contribution in [0.4, 0.5) is 0 Å². The zero-order valence-corrected chi connectivity index (χ0v) is 13.0. The summed E-state index contributed by atoms with van der Waals surface area (Å²) in [5, 5.41) is 0. The summed E-state index contributed by atoms with van der Waals surface area (Å²) in [4.78, 5) is 0. The zero-order chi connectivity index (χ0) is 13.4. The van der Waals surface area contributed by atoms with E-state index >= 15 is 0 Å². The van der Waals surface area contributed by atoms with Crippen LogP contribution in [-0.4, -0.2) is 13.9 Å². The van der Waals surface area contributed by atoms with Crippen LogP contribution in [0.3, 0.4) is 0 Å². The van der Waals surface area contributed by atoms with E-state index in [-0.39, 0.29) is 5.60 Å². The Morgan fingerprint density at radius 1 is 1.22 bits per heavy atom. The summed E-state index contributed by atoms with van der Waals surface area (Å²) in [7, 11) is -1.54. The molecule has 1 aromatic carbocycles. The first kappa shape index (κ1) is 13.6. The molecule has 98 valence electrons. The van der Waals surface area contributed by atoms with Gasteiger partial charge in [0.2, 0.25) is 0 Å². The molecule has 0 aromatic heterocycles. The van der Waals surface area contributed by atoms with Crippen LogP contribution in [0.2, 0.25) is 19.6 Å². The van der Waals surface area contributed by atoms with Crippen molar-refractivity contribution in [3.8, 4) is 0 Å². The van der Waals surface area contributed by atoms with Gasteiger partial charge in [0.25, 0.3) is 0 Å². The first-order valence-corrected chi connectivity index (χ1v) is 10.2. The molecule has 1 aromatic rings. The summed E-state index contributed by atoms with van der Waals surface area (Å²) in [5.74, 6) is 0. The summed E-state index contributed by atoms with van der Waals surface area (Å²) < 4.78 is 6.47. The number of benzene rings is 1. The molecule has 0 aliphatic heterocycles. The molecule has 2 heteroatoms. The molecule has 0 saturated heterocycles. The molecule has 0 radical (unpaired) electrons. The summed E-state index contributed by atoms with van der Waals surface area (Å²) in [6, 6.07) is 8.50. The third kappa shape index (κ3) is 2.60.